The van der Waals surface area contributed by atoms with Crippen molar-refractivity contribution >= 4 is 0 Å². The zero-order valence-corrected chi connectivity index (χ0v) is 15.2. The van der Waals surface area contributed by atoms with Crippen molar-refractivity contribution in [2.24, 2.45) is 0 Å². The van der Waals surface area contributed by atoms with Gasteiger partial charge in [-0.2, -0.15) is 0 Å². The molecule has 1 fully saturated rings. The number of benzene rings is 2. The van der Waals surface area contributed by atoms with Gasteiger partial charge < -0.3 is 14.6 Å². The molecule has 0 aromatic heterocycles. The quantitative estimate of drug-likeness (QED) is 0.796. The molecular formula is C21H27NO3. The molecule has 1 N–H and O–H groups in total. The van der Waals surface area contributed by atoms with Gasteiger partial charge in [-0.3, -0.25) is 4.90 Å². The summed E-state index contributed by atoms with van der Waals surface area (Å²) >= 11 is 0. The van der Waals surface area contributed by atoms with E-state index in [9.17, 15) is 5.11 Å². The Labute approximate surface area is 150 Å². The molecule has 2 aromatic carbocycles. The highest BCUT2D eigenvalue weighted by atomic mass is 16.5. The molecule has 0 aliphatic heterocycles. The number of hydrogen-bond acceptors (Lipinski definition) is 4. The van der Waals surface area contributed by atoms with Crippen LogP contribution in [-0.4, -0.2) is 35.9 Å². The summed E-state index contributed by atoms with van der Waals surface area (Å²) in [5.74, 6) is 1.72. The molecule has 0 amide bonds. The van der Waals surface area contributed by atoms with Gasteiger partial charge in [0.2, 0.25) is 0 Å². The summed E-state index contributed by atoms with van der Waals surface area (Å²) in [6.45, 7) is 3.71. The molecule has 1 saturated carbocycles. The summed E-state index contributed by atoms with van der Waals surface area (Å²) in [6, 6.07) is 16.4. The second-order valence-electron chi connectivity index (χ2n) is 6.88. The Kier molecular flexibility index (Phi) is 5.30. The normalized spacial score (nSPS) is 16.5. The lowest BCUT2D eigenvalue weighted by Gasteiger charge is -2.33. The molecule has 1 atom stereocenters. The minimum absolute atomic E-state index is 0.108. The summed E-state index contributed by atoms with van der Waals surface area (Å²) in [5.41, 5.74) is 1.88. The molecule has 4 heteroatoms. The Balaban J connectivity index is 1.76. The van der Waals surface area contributed by atoms with Crippen molar-refractivity contribution in [1.82, 2.24) is 4.90 Å². The number of ether oxygens (including phenoxy) is 2. The average Bonchev–Trinajstić information content (AvgIpc) is 3.40. The summed E-state index contributed by atoms with van der Waals surface area (Å²) in [7, 11) is 3.35. The predicted molar refractivity (Wildman–Crippen MR) is 98.9 cm³/mol. The minimum atomic E-state index is -0.543. The van der Waals surface area contributed by atoms with E-state index in [1.165, 1.54) is 11.1 Å². The lowest BCUT2D eigenvalue weighted by Crippen LogP contribution is -2.42. The van der Waals surface area contributed by atoms with E-state index < -0.39 is 5.60 Å². The largest absolute Gasteiger partial charge is 0.497 e. The molecule has 25 heavy (non-hydrogen) atoms. The van der Waals surface area contributed by atoms with Crippen LogP contribution in [0.25, 0.3) is 0 Å². The molecule has 0 radical (unpaired) electrons. The van der Waals surface area contributed by atoms with Crippen LogP contribution in [0.2, 0.25) is 0 Å². The van der Waals surface area contributed by atoms with E-state index in [1.807, 2.05) is 24.3 Å². The highest BCUT2D eigenvalue weighted by Gasteiger charge is 2.47. The van der Waals surface area contributed by atoms with Crippen LogP contribution >= 0.6 is 0 Å². The highest BCUT2D eigenvalue weighted by molar-refractivity contribution is 5.29. The Morgan fingerprint density at radius 1 is 0.880 bits per heavy atom. The van der Waals surface area contributed by atoms with Gasteiger partial charge in [0.05, 0.1) is 19.8 Å². The monoisotopic (exact) mass is 341 g/mol. The third kappa shape index (κ3) is 4.33. The summed E-state index contributed by atoms with van der Waals surface area (Å²) in [6.07, 6.45) is 1.77. The number of aliphatic hydroxyl groups is 1. The predicted octanol–water partition coefficient (Wildman–Crippen LogP) is 3.62. The number of hydrogen-bond donors (Lipinski definition) is 1. The van der Waals surface area contributed by atoms with E-state index in [0.717, 1.165) is 37.4 Å². The molecule has 0 unspecified atom stereocenters. The number of rotatable bonds is 8. The average molecular weight is 341 g/mol. The number of methoxy groups -OCH3 is 2. The van der Waals surface area contributed by atoms with Gasteiger partial charge in [-0.25, -0.2) is 0 Å². The van der Waals surface area contributed by atoms with Gasteiger partial charge in [-0.05, 0) is 55.2 Å². The van der Waals surface area contributed by atoms with Crippen LogP contribution in [0.3, 0.4) is 0 Å². The molecular weight excluding hydrogens is 314 g/mol. The van der Waals surface area contributed by atoms with E-state index in [1.54, 1.807) is 14.2 Å². The first kappa shape index (κ1) is 17.8. The Morgan fingerprint density at radius 2 is 1.28 bits per heavy atom. The second-order valence-corrected chi connectivity index (χ2v) is 6.88. The zero-order valence-electron chi connectivity index (χ0n) is 15.2. The summed E-state index contributed by atoms with van der Waals surface area (Å²) in [4.78, 5) is 2.34. The Hall–Kier alpha value is -2.04. The van der Waals surface area contributed by atoms with Crippen LogP contribution < -0.4 is 9.47 Å². The standard InChI is InChI=1S/C21H27NO3/c1-16(21(23)12-13-21)22(14-17-4-8-19(24-2)9-5-17)15-18-6-10-20(25-3)11-7-18/h4-11,16,23H,12-15H2,1-3H3/t16-/m1/s1. The molecule has 1 aliphatic carbocycles. The molecule has 0 bridgehead atoms. The van der Waals surface area contributed by atoms with E-state index in [-0.39, 0.29) is 6.04 Å². The minimum Gasteiger partial charge on any atom is -0.497 e. The van der Waals surface area contributed by atoms with Crippen LogP contribution in [0.15, 0.2) is 48.5 Å². The van der Waals surface area contributed by atoms with Gasteiger partial charge in [-0.15, -0.1) is 0 Å². The topological polar surface area (TPSA) is 41.9 Å². The molecule has 4 nitrogen and oxygen atoms in total. The molecule has 3 rings (SSSR count). The number of nitrogens with zero attached hydrogens (tertiary/aromatic N) is 1. The SMILES string of the molecule is COc1ccc(CN(Cc2ccc(OC)cc2)[C@H](C)C2(O)CC2)cc1. The van der Waals surface area contributed by atoms with Crippen molar-refractivity contribution in [2.45, 2.75) is 44.5 Å². The molecule has 134 valence electrons. The first-order valence-corrected chi connectivity index (χ1v) is 8.76. The molecule has 1 aliphatic rings. The van der Waals surface area contributed by atoms with E-state index >= 15 is 0 Å². The van der Waals surface area contributed by atoms with Gasteiger partial charge in [-0.1, -0.05) is 24.3 Å². The Morgan fingerprint density at radius 3 is 1.60 bits per heavy atom. The van der Waals surface area contributed by atoms with Crippen LogP contribution in [0.5, 0.6) is 11.5 Å². The van der Waals surface area contributed by atoms with Crippen molar-refractivity contribution in [3.63, 3.8) is 0 Å². The summed E-state index contributed by atoms with van der Waals surface area (Å²) < 4.78 is 10.5. The fourth-order valence-corrected chi connectivity index (χ4v) is 3.15. The fourth-order valence-electron chi connectivity index (χ4n) is 3.15. The van der Waals surface area contributed by atoms with Crippen molar-refractivity contribution in [3.8, 4) is 11.5 Å². The van der Waals surface area contributed by atoms with Crippen molar-refractivity contribution < 1.29 is 14.6 Å². The van der Waals surface area contributed by atoms with Gasteiger partial charge in [0.15, 0.2) is 0 Å². The smallest absolute Gasteiger partial charge is 0.118 e. The summed E-state index contributed by atoms with van der Waals surface area (Å²) in [5, 5.41) is 10.6. The first-order chi connectivity index (χ1) is 12.0. The van der Waals surface area contributed by atoms with E-state index in [0.29, 0.717) is 0 Å². The third-order valence-electron chi connectivity index (χ3n) is 5.18. The van der Waals surface area contributed by atoms with E-state index in [4.69, 9.17) is 9.47 Å². The highest BCUT2D eigenvalue weighted by Crippen LogP contribution is 2.41. The Bertz CT molecular complexity index is 628. The second kappa shape index (κ2) is 7.46. The van der Waals surface area contributed by atoms with Crippen molar-refractivity contribution in [1.29, 1.82) is 0 Å². The maximum Gasteiger partial charge on any atom is 0.118 e. The van der Waals surface area contributed by atoms with Crippen LogP contribution in [0.4, 0.5) is 0 Å². The van der Waals surface area contributed by atoms with Gasteiger partial charge in [0.1, 0.15) is 11.5 Å². The third-order valence-corrected chi connectivity index (χ3v) is 5.18. The first-order valence-electron chi connectivity index (χ1n) is 8.76. The fraction of sp³-hybridized carbons (Fsp3) is 0.429. The van der Waals surface area contributed by atoms with Crippen molar-refractivity contribution in [3.05, 3.63) is 59.7 Å². The molecule has 0 heterocycles. The van der Waals surface area contributed by atoms with Crippen molar-refractivity contribution in [2.75, 3.05) is 14.2 Å². The maximum absolute atomic E-state index is 10.6. The van der Waals surface area contributed by atoms with Gasteiger partial charge in [0.25, 0.3) is 0 Å². The van der Waals surface area contributed by atoms with Gasteiger partial charge in [0, 0.05) is 19.1 Å². The van der Waals surface area contributed by atoms with Crippen LogP contribution in [0.1, 0.15) is 30.9 Å². The van der Waals surface area contributed by atoms with Crippen LogP contribution in [-0.2, 0) is 13.1 Å². The lowest BCUT2D eigenvalue weighted by atomic mass is 10.1. The van der Waals surface area contributed by atoms with E-state index in [2.05, 4.69) is 36.1 Å². The molecule has 0 spiro atoms. The zero-order chi connectivity index (χ0) is 17.9. The maximum atomic E-state index is 10.6. The molecule has 0 saturated heterocycles. The van der Waals surface area contributed by atoms with Gasteiger partial charge >= 0.3 is 0 Å². The van der Waals surface area contributed by atoms with Crippen LogP contribution in [0, 0.1) is 0 Å². The molecule has 2 aromatic rings. The lowest BCUT2D eigenvalue weighted by molar-refractivity contribution is 0.0299.